The van der Waals surface area contributed by atoms with E-state index < -0.39 is 0 Å². The van der Waals surface area contributed by atoms with E-state index in [9.17, 15) is 4.39 Å². The van der Waals surface area contributed by atoms with Gasteiger partial charge in [-0.3, -0.25) is 0 Å². The van der Waals surface area contributed by atoms with E-state index in [1.165, 1.54) is 17.0 Å². The number of benzene rings is 1. The fourth-order valence-electron chi connectivity index (χ4n) is 1.10. The van der Waals surface area contributed by atoms with Crippen LogP contribution in [-0.4, -0.2) is 4.98 Å². The van der Waals surface area contributed by atoms with Crippen LogP contribution in [0.15, 0.2) is 30.5 Å². The Bertz CT molecular complexity index is 424. The molecule has 1 heterocycles. The Morgan fingerprint density at radius 3 is 2.57 bits per heavy atom. The van der Waals surface area contributed by atoms with Crippen molar-refractivity contribution in [3.63, 3.8) is 0 Å². The number of hydrogen-bond donors (Lipinski definition) is 0. The van der Waals surface area contributed by atoms with Crippen LogP contribution in [0, 0.1) is 5.82 Å². The average molecular weight is 272 g/mol. The zero-order valence-electron chi connectivity index (χ0n) is 7.21. The number of nitrogens with zero attached hydrogens (tertiary/aromatic N) is 1. The highest BCUT2D eigenvalue weighted by Gasteiger charge is 2.03. The number of aromatic nitrogens is 1. The molecule has 0 spiro atoms. The molecule has 0 unspecified atom stereocenters. The molecule has 0 saturated heterocycles. The molecule has 0 aliphatic heterocycles. The molecule has 4 heteroatoms. The van der Waals surface area contributed by atoms with Crippen LogP contribution in [0.2, 0.25) is 0 Å². The quantitative estimate of drug-likeness (QED) is 0.757. The molecule has 0 aliphatic rings. The smallest absolute Gasteiger partial charge is 0.123 e. The topological polar surface area (TPSA) is 12.9 Å². The molecule has 0 aliphatic carbocycles. The summed E-state index contributed by atoms with van der Waals surface area (Å²) in [5.74, 6) is -0.217. The molecule has 2 aromatic rings. The van der Waals surface area contributed by atoms with Gasteiger partial charge in [0, 0.05) is 22.0 Å². The first-order chi connectivity index (χ1) is 6.79. The van der Waals surface area contributed by atoms with Gasteiger partial charge in [-0.1, -0.05) is 15.9 Å². The average Bonchev–Trinajstić information content (AvgIpc) is 2.67. The summed E-state index contributed by atoms with van der Waals surface area (Å²) in [6, 6.07) is 6.38. The molecule has 72 valence electrons. The van der Waals surface area contributed by atoms with Gasteiger partial charge in [0.1, 0.15) is 10.8 Å². The molecule has 1 aromatic carbocycles. The molecule has 0 fully saturated rings. The standard InChI is InChI=1S/C10H7BrFNS/c11-5-9-6-13-10(14-9)7-1-3-8(12)4-2-7/h1-4,6H,5H2. The highest BCUT2D eigenvalue weighted by Crippen LogP contribution is 2.26. The van der Waals surface area contributed by atoms with Crippen molar-refractivity contribution in [1.29, 1.82) is 0 Å². The highest BCUT2D eigenvalue weighted by molar-refractivity contribution is 9.08. The lowest BCUT2D eigenvalue weighted by Crippen LogP contribution is -1.76. The fraction of sp³-hybridized carbons (Fsp3) is 0.100. The number of alkyl halides is 1. The largest absolute Gasteiger partial charge is 0.244 e. The van der Waals surface area contributed by atoms with Gasteiger partial charge in [0.25, 0.3) is 0 Å². The summed E-state index contributed by atoms with van der Waals surface area (Å²) in [6.45, 7) is 0. The van der Waals surface area contributed by atoms with Gasteiger partial charge < -0.3 is 0 Å². The van der Waals surface area contributed by atoms with Gasteiger partial charge in [0.05, 0.1) is 0 Å². The van der Waals surface area contributed by atoms with Crippen molar-refractivity contribution >= 4 is 27.3 Å². The molecule has 0 bridgehead atoms. The monoisotopic (exact) mass is 271 g/mol. The van der Waals surface area contributed by atoms with E-state index in [1.54, 1.807) is 23.5 Å². The third-order valence-electron chi connectivity index (χ3n) is 1.78. The van der Waals surface area contributed by atoms with E-state index in [2.05, 4.69) is 20.9 Å². The van der Waals surface area contributed by atoms with Gasteiger partial charge in [-0.05, 0) is 24.3 Å². The molecule has 1 aromatic heterocycles. The minimum atomic E-state index is -0.217. The first kappa shape index (κ1) is 9.80. The predicted octanol–water partition coefficient (Wildman–Crippen LogP) is 3.84. The van der Waals surface area contributed by atoms with Crippen LogP contribution >= 0.6 is 27.3 Å². The molecule has 14 heavy (non-hydrogen) atoms. The van der Waals surface area contributed by atoms with Gasteiger partial charge in [-0.25, -0.2) is 9.37 Å². The molecule has 2 rings (SSSR count). The predicted molar refractivity (Wildman–Crippen MR) is 60.1 cm³/mol. The minimum absolute atomic E-state index is 0.217. The van der Waals surface area contributed by atoms with Crippen molar-refractivity contribution in [2.24, 2.45) is 0 Å². The third-order valence-corrected chi connectivity index (χ3v) is 3.80. The molecule has 0 radical (unpaired) electrons. The van der Waals surface area contributed by atoms with E-state index in [0.717, 1.165) is 15.9 Å². The first-order valence-corrected chi connectivity index (χ1v) is 6.00. The first-order valence-electron chi connectivity index (χ1n) is 4.06. The van der Waals surface area contributed by atoms with Gasteiger partial charge in [-0.15, -0.1) is 11.3 Å². The van der Waals surface area contributed by atoms with Crippen LogP contribution in [0.1, 0.15) is 4.88 Å². The Balaban J connectivity index is 2.34. The van der Waals surface area contributed by atoms with Gasteiger partial charge in [-0.2, -0.15) is 0 Å². The molecule has 1 nitrogen and oxygen atoms in total. The van der Waals surface area contributed by atoms with Crippen molar-refractivity contribution < 1.29 is 4.39 Å². The van der Waals surface area contributed by atoms with Crippen LogP contribution < -0.4 is 0 Å². The summed E-state index contributed by atoms with van der Waals surface area (Å²) in [4.78, 5) is 5.42. The normalized spacial score (nSPS) is 10.4. The Morgan fingerprint density at radius 2 is 2.00 bits per heavy atom. The summed E-state index contributed by atoms with van der Waals surface area (Å²) in [7, 11) is 0. The second kappa shape index (κ2) is 4.19. The van der Waals surface area contributed by atoms with Crippen molar-refractivity contribution in [1.82, 2.24) is 4.98 Å². The van der Waals surface area contributed by atoms with Crippen LogP contribution in [0.3, 0.4) is 0 Å². The Hall–Kier alpha value is -0.740. The number of thiazole rings is 1. The maximum absolute atomic E-state index is 12.6. The zero-order chi connectivity index (χ0) is 9.97. The second-order valence-corrected chi connectivity index (χ2v) is 4.45. The molecule has 0 saturated carbocycles. The second-order valence-electron chi connectivity index (χ2n) is 2.77. The highest BCUT2D eigenvalue weighted by atomic mass is 79.9. The summed E-state index contributed by atoms with van der Waals surface area (Å²) in [5, 5.41) is 1.74. The fourth-order valence-corrected chi connectivity index (χ4v) is 2.35. The number of halogens is 2. The van der Waals surface area contributed by atoms with Crippen LogP contribution in [0.25, 0.3) is 10.6 Å². The van der Waals surface area contributed by atoms with Crippen LogP contribution in [-0.2, 0) is 5.33 Å². The maximum Gasteiger partial charge on any atom is 0.123 e. The van der Waals surface area contributed by atoms with Crippen molar-refractivity contribution in [3.8, 4) is 10.6 Å². The van der Waals surface area contributed by atoms with E-state index in [4.69, 9.17) is 0 Å². The van der Waals surface area contributed by atoms with Crippen LogP contribution in [0.5, 0.6) is 0 Å². The lowest BCUT2D eigenvalue weighted by molar-refractivity contribution is 0.628. The third kappa shape index (κ3) is 2.01. The summed E-state index contributed by atoms with van der Waals surface area (Å²) >= 11 is 4.98. The summed E-state index contributed by atoms with van der Waals surface area (Å²) in [5.41, 5.74) is 0.962. The number of rotatable bonds is 2. The lowest BCUT2D eigenvalue weighted by Gasteiger charge is -1.94. The molecule has 0 N–H and O–H groups in total. The summed E-state index contributed by atoms with van der Waals surface area (Å²) < 4.78 is 12.6. The van der Waals surface area contributed by atoms with Gasteiger partial charge in [0.15, 0.2) is 0 Å². The van der Waals surface area contributed by atoms with Gasteiger partial charge >= 0.3 is 0 Å². The Kier molecular flexibility index (Phi) is 2.93. The molecule has 0 amide bonds. The molecular formula is C10H7BrFNS. The van der Waals surface area contributed by atoms with Gasteiger partial charge in [0.2, 0.25) is 0 Å². The van der Waals surface area contributed by atoms with Crippen molar-refractivity contribution in [2.75, 3.05) is 0 Å². The van der Waals surface area contributed by atoms with E-state index >= 15 is 0 Å². The Labute approximate surface area is 93.7 Å². The van der Waals surface area contributed by atoms with E-state index in [-0.39, 0.29) is 5.82 Å². The SMILES string of the molecule is Fc1ccc(-c2ncc(CBr)s2)cc1. The Morgan fingerprint density at radius 1 is 1.29 bits per heavy atom. The molecule has 0 atom stereocenters. The maximum atomic E-state index is 12.6. The van der Waals surface area contributed by atoms with E-state index in [0.29, 0.717) is 0 Å². The summed E-state index contributed by atoms with van der Waals surface area (Å²) in [6.07, 6.45) is 1.83. The number of hydrogen-bond acceptors (Lipinski definition) is 2. The van der Waals surface area contributed by atoms with Crippen molar-refractivity contribution in [3.05, 3.63) is 41.2 Å². The van der Waals surface area contributed by atoms with Crippen molar-refractivity contribution in [2.45, 2.75) is 5.33 Å². The van der Waals surface area contributed by atoms with Crippen LogP contribution in [0.4, 0.5) is 4.39 Å². The van der Waals surface area contributed by atoms with E-state index in [1.807, 2.05) is 6.20 Å². The molecular weight excluding hydrogens is 265 g/mol. The lowest BCUT2D eigenvalue weighted by atomic mass is 10.2. The minimum Gasteiger partial charge on any atom is -0.244 e. The zero-order valence-corrected chi connectivity index (χ0v) is 9.61.